The van der Waals surface area contributed by atoms with E-state index in [0.717, 1.165) is 31.9 Å². The number of ether oxygens (including phenoxy) is 1. The van der Waals surface area contributed by atoms with Gasteiger partial charge >= 0.3 is 0 Å². The number of aromatic nitrogens is 2. The minimum Gasteiger partial charge on any atom is -0.378 e. The van der Waals surface area contributed by atoms with E-state index in [1.165, 1.54) is 0 Å². The van der Waals surface area contributed by atoms with Crippen molar-refractivity contribution in [3.8, 4) is 0 Å². The van der Waals surface area contributed by atoms with E-state index in [4.69, 9.17) is 4.74 Å². The van der Waals surface area contributed by atoms with Gasteiger partial charge in [0, 0.05) is 38.6 Å². The number of amides is 1. The number of imidazole rings is 1. The number of nitrogens with zero attached hydrogens (tertiary/aromatic N) is 3. The molecule has 0 aromatic carbocycles. The van der Waals surface area contributed by atoms with Crippen LogP contribution in [0.25, 0.3) is 0 Å². The number of carbonyl (C=O) groups is 1. The maximum Gasteiger partial charge on any atom is 0.228 e. The Morgan fingerprint density at radius 3 is 3.00 bits per heavy atom. The Morgan fingerprint density at radius 1 is 1.52 bits per heavy atom. The van der Waals surface area contributed by atoms with Crippen molar-refractivity contribution in [1.82, 2.24) is 19.8 Å². The van der Waals surface area contributed by atoms with E-state index < -0.39 is 0 Å². The fraction of sp³-hybridized carbons (Fsp3) is 0.733. The van der Waals surface area contributed by atoms with Gasteiger partial charge in [0.05, 0.1) is 18.1 Å². The highest BCUT2D eigenvalue weighted by Crippen LogP contribution is 2.27. The lowest BCUT2D eigenvalue weighted by Crippen LogP contribution is -2.52. The van der Waals surface area contributed by atoms with Gasteiger partial charge in [0.1, 0.15) is 5.82 Å². The number of hydrogen-bond acceptors (Lipinski definition) is 4. The molecule has 3 heterocycles. The number of aromatic amines is 1. The van der Waals surface area contributed by atoms with Crippen molar-refractivity contribution in [1.29, 1.82) is 0 Å². The maximum atomic E-state index is 12.7. The summed E-state index contributed by atoms with van der Waals surface area (Å²) in [7, 11) is 0. The summed E-state index contributed by atoms with van der Waals surface area (Å²) >= 11 is 0. The molecule has 0 bridgehead atoms. The van der Waals surface area contributed by atoms with Gasteiger partial charge in [-0.1, -0.05) is 6.92 Å². The van der Waals surface area contributed by atoms with Crippen LogP contribution in [0.2, 0.25) is 0 Å². The van der Waals surface area contributed by atoms with Gasteiger partial charge in [-0.3, -0.25) is 9.69 Å². The lowest BCUT2D eigenvalue weighted by Gasteiger charge is -2.41. The van der Waals surface area contributed by atoms with E-state index >= 15 is 0 Å². The van der Waals surface area contributed by atoms with Crippen LogP contribution in [0.1, 0.15) is 32.1 Å². The molecule has 3 atom stereocenters. The number of carbonyl (C=O) groups excluding carboxylic acids is 1. The van der Waals surface area contributed by atoms with E-state index in [1.807, 2.05) is 18.0 Å². The highest BCUT2D eigenvalue weighted by Gasteiger charge is 2.37. The molecule has 21 heavy (non-hydrogen) atoms. The first kappa shape index (κ1) is 14.5. The topological polar surface area (TPSA) is 61.5 Å². The first-order chi connectivity index (χ1) is 10.2. The molecule has 6 heteroatoms. The average Bonchev–Trinajstić information content (AvgIpc) is 3.17. The fourth-order valence-corrected chi connectivity index (χ4v) is 3.41. The standard InChI is InChI=1S/C15H24N4O2/c1-3-18-7-8-19(10-13(18)14-16-5-6-17-14)15(20)12-4-9-21-11(12)2/h5-6,11-13H,3-4,7-10H2,1-2H3,(H,16,17)/t11-,12+,13+/m0/s1. The van der Waals surface area contributed by atoms with Gasteiger partial charge in [0.25, 0.3) is 0 Å². The molecule has 0 unspecified atom stereocenters. The molecule has 0 radical (unpaired) electrons. The predicted molar refractivity (Wildman–Crippen MR) is 78.7 cm³/mol. The zero-order valence-electron chi connectivity index (χ0n) is 12.8. The van der Waals surface area contributed by atoms with E-state index in [2.05, 4.69) is 21.8 Å². The summed E-state index contributed by atoms with van der Waals surface area (Å²) in [5, 5.41) is 0. The average molecular weight is 292 g/mol. The lowest BCUT2D eigenvalue weighted by molar-refractivity contribution is -0.140. The highest BCUT2D eigenvalue weighted by molar-refractivity contribution is 5.79. The summed E-state index contributed by atoms with van der Waals surface area (Å²) < 4.78 is 5.54. The number of rotatable bonds is 3. The van der Waals surface area contributed by atoms with Gasteiger partial charge in [0.15, 0.2) is 0 Å². The van der Waals surface area contributed by atoms with Crippen molar-refractivity contribution in [3.05, 3.63) is 18.2 Å². The highest BCUT2D eigenvalue weighted by atomic mass is 16.5. The molecule has 116 valence electrons. The van der Waals surface area contributed by atoms with Gasteiger partial charge in [-0.05, 0) is 19.9 Å². The van der Waals surface area contributed by atoms with Crippen LogP contribution < -0.4 is 0 Å². The number of H-pyrrole nitrogens is 1. The van der Waals surface area contributed by atoms with Crippen LogP contribution in [-0.2, 0) is 9.53 Å². The first-order valence-corrected chi connectivity index (χ1v) is 7.84. The normalized spacial score (nSPS) is 30.8. The minimum atomic E-state index is 0.0235. The second-order valence-corrected chi connectivity index (χ2v) is 5.87. The van der Waals surface area contributed by atoms with Crippen LogP contribution in [0.5, 0.6) is 0 Å². The largest absolute Gasteiger partial charge is 0.378 e. The minimum absolute atomic E-state index is 0.0235. The Balaban J connectivity index is 1.72. The number of likely N-dealkylation sites (N-methyl/N-ethyl adjacent to an activating group) is 1. The van der Waals surface area contributed by atoms with E-state index in [-0.39, 0.29) is 24.0 Å². The molecule has 0 aliphatic carbocycles. The SMILES string of the molecule is CCN1CCN(C(=O)[C@@H]2CCO[C@H]2C)C[C@@H]1c1ncc[nH]1. The number of piperazine rings is 1. The third-order valence-electron chi connectivity index (χ3n) is 4.74. The van der Waals surface area contributed by atoms with Crippen molar-refractivity contribution < 1.29 is 9.53 Å². The molecule has 2 aliphatic rings. The van der Waals surface area contributed by atoms with Gasteiger partial charge in [0.2, 0.25) is 5.91 Å². The zero-order valence-corrected chi connectivity index (χ0v) is 12.8. The Hall–Kier alpha value is -1.40. The molecule has 1 N–H and O–H groups in total. The third kappa shape index (κ3) is 2.82. The van der Waals surface area contributed by atoms with Crippen LogP contribution in [0.15, 0.2) is 12.4 Å². The van der Waals surface area contributed by atoms with E-state index in [9.17, 15) is 4.79 Å². The van der Waals surface area contributed by atoms with E-state index in [0.29, 0.717) is 13.2 Å². The van der Waals surface area contributed by atoms with E-state index in [1.54, 1.807) is 6.20 Å². The third-order valence-corrected chi connectivity index (χ3v) is 4.74. The smallest absolute Gasteiger partial charge is 0.228 e. The van der Waals surface area contributed by atoms with Gasteiger partial charge < -0.3 is 14.6 Å². The van der Waals surface area contributed by atoms with Crippen LogP contribution in [0, 0.1) is 5.92 Å². The molecule has 2 aliphatic heterocycles. The van der Waals surface area contributed by atoms with Gasteiger partial charge in [-0.15, -0.1) is 0 Å². The van der Waals surface area contributed by atoms with Crippen LogP contribution in [-0.4, -0.2) is 64.6 Å². The Labute approximate surface area is 125 Å². The van der Waals surface area contributed by atoms with Gasteiger partial charge in [-0.25, -0.2) is 4.98 Å². The number of nitrogens with one attached hydrogen (secondary N) is 1. The lowest BCUT2D eigenvalue weighted by atomic mass is 9.99. The molecule has 2 saturated heterocycles. The summed E-state index contributed by atoms with van der Waals surface area (Å²) in [6.45, 7) is 8.23. The molecular formula is C15H24N4O2. The summed E-state index contributed by atoms with van der Waals surface area (Å²) in [6, 6.07) is 0.167. The van der Waals surface area contributed by atoms with Crippen molar-refractivity contribution in [2.45, 2.75) is 32.4 Å². The molecule has 0 spiro atoms. The number of hydrogen-bond donors (Lipinski definition) is 1. The Kier molecular flexibility index (Phi) is 4.26. The molecule has 2 fully saturated rings. The summed E-state index contributed by atoms with van der Waals surface area (Å²) in [5.74, 6) is 1.22. The second-order valence-electron chi connectivity index (χ2n) is 5.87. The first-order valence-electron chi connectivity index (χ1n) is 7.84. The molecule has 1 aromatic heterocycles. The van der Waals surface area contributed by atoms with Crippen LogP contribution >= 0.6 is 0 Å². The molecule has 1 amide bonds. The van der Waals surface area contributed by atoms with Crippen molar-refractivity contribution >= 4 is 5.91 Å². The zero-order chi connectivity index (χ0) is 14.8. The monoisotopic (exact) mass is 292 g/mol. The second kappa shape index (κ2) is 6.15. The predicted octanol–water partition coefficient (Wildman–Crippen LogP) is 1.04. The quantitative estimate of drug-likeness (QED) is 0.904. The molecular weight excluding hydrogens is 268 g/mol. The van der Waals surface area contributed by atoms with Crippen molar-refractivity contribution in [3.63, 3.8) is 0 Å². The summed E-state index contributed by atoms with van der Waals surface area (Å²) in [4.78, 5) is 24.7. The van der Waals surface area contributed by atoms with Crippen LogP contribution in [0.3, 0.4) is 0 Å². The van der Waals surface area contributed by atoms with Crippen molar-refractivity contribution in [2.75, 3.05) is 32.8 Å². The van der Waals surface area contributed by atoms with Crippen LogP contribution in [0.4, 0.5) is 0 Å². The molecule has 1 aromatic rings. The Bertz CT molecular complexity index is 476. The maximum absolute atomic E-state index is 12.7. The molecule has 6 nitrogen and oxygen atoms in total. The fourth-order valence-electron chi connectivity index (χ4n) is 3.41. The Morgan fingerprint density at radius 2 is 2.38 bits per heavy atom. The molecule has 3 rings (SSSR count). The summed E-state index contributed by atoms with van der Waals surface area (Å²) in [6.07, 6.45) is 4.51. The summed E-state index contributed by atoms with van der Waals surface area (Å²) in [5.41, 5.74) is 0. The van der Waals surface area contributed by atoms with Gasteiger partial charge in [-0.2, -0.15) is 0 Å². The molecule has 0 saturated carbocycles. The van der Waals surface area contributed by atoms with Crippen molar-refractivity contribution in [2.24, 2.45) is 5.92 Å².